The summed E-state index contributed by atoms with van der Waals surface area (Å²) in [5, 5.41) is 3.14. The summed E-state index contributed by atoms with van der Waals surface area (Å²) >= 11 is 0. The Hall–Kier alpha value is -2.30. The fourth-order valence-corrected chi connectivity index (χ4v) is 4.49. The fraction of sp³-hybridized carbons (Fsp3) is 0.500. The van der Waals surface area contributed by atoms with E-state index in [1.54, 1.807) is 0 Å². The number of benzene rings is 1. The maximum atomic E-state index is 12.8. The van der Waals surface area contributed by atoms with Gasteiger partial charge in [0.25, 0.3) is 0 Å². The zero-order chi connectivity index (χ0) is 17.6. The highest BCUT2D eigenvalue weighted by Crippen LogP contribution is 2.60. The Balaban J connectivity index is 1.44. The summed E-state index contributed by atoms with van der Waals surface area (Å²) in [5.74, 6) is 1.20. The maximum Gasteiger partial charge on any atom is 0.224 e. The van der Waals surface area contributed by atoms with Crippen LogP contribution >= 0.6 is 0 Å². The van der Waals surface area contributed by atoms with Crippen molar-refractivity contribution >= 4 is 11.9 Å². The molecule has 1 heterocycles. The predicted octanol–water partition coefficient (Wildman–Crippen LogP) is 2.40. The number of nitrogens with one attached hydrogen (secondary N) is 1. The van der Waals surface area contributed by atoms with Crippen LogP contribution in [0.1, 0.15) is 36.1 Å². The smallest absolute Gasteiger partial charge is 0.224 e. The summed E-state index contributed by atoms with van der Waals surface area (Å²) < 4.78 is 2.03. The molecule has 1 spiro atoms. The molecule has 2 atom stereocenters. The standard InChI is InChI=1S/C20H26N4O/c1-23(2)19-22-13-15(24(19)3)12-21-18(25)17-11-20(17)10-6-8-14-7-4-5-9-16(14)20/h4-5,7,9,13,17H,6,8,10-12H2,1-3H3,(H,21,25). The maximum absolute atomic E-state index is 12.8. The van der Waals surface area contributed by atoms with Crippen LogP contribution in [-0.4, -0.2) is 29.6 Å². The molecule has 1 aromatic carbocycles. The molecule has 2 aromatic rings. The van der Waals surface area contributed by atoms with Crippen LogP contribution in [0, 0.1) is 5.92 Å². The SMILES string of the molecule is CN(C)c1ncc(CNC(=O)C2CC23CCCc2ccccc23)n1C. The lowest BCUT2D eigenvalue weighted by Gasteiger charge is -2.26. The van der Waals surface area contributed by atoms with Crippen molar-refractivity contribution in [2.75, 3.05) is 19.0 Å². The van der Waals surface area contributed by atoms with E-state index in [-0.39, 0.29) is 17.2 Å². The molecule has 2 aliphatic carbocycles. The van der Waals surface area contributed by atoms with Crippen LogP contribution in [0.25, 0.3) is 0 Å². The van der Waals surface area contributed by atoms with Crippen LogP contribution < -0.4 is 10.2 Å². The molecular formula is C20H26N4O. The van der Waals surface area contributed by atoms with E-state index in [0.717, 1.165) is 30.9 Å². The Morgan fingerprint density at radius 1 is 1.40 bits per heavy atom. The summed E-state index contributed by atoms with van der Waals surface area (Å²) in [5.41, 5.74) is 3.97. The number of rotatable bonds is 4. The second-order valence-electron chi connectivity index (χ2n) is 7.64. The van der Waals surface area contributed by atoms with E-state index in [0.29, 0.717) is 6.54 Å². The highest BCUT2D eigenvalue weighted by atomic mass is 16.2. The van der Waals surface area contributed by atoms with Gasteiger partial charge in [0, 0.05) is 32.5 Å². The number of carbonyl (C=O) groups excluding carboxylic acids is 1. The zero-order valence-electron chi connectivity index (χ0n) is 15.2. The predicted molar refractivity (Wildman–Crippen MR) is 98.5 cm³/mol. The monoisotopic (exact) mass is 338 g/mol. The van der Waals surface area contributed by atoms with Crippen molar-refractivity contribution in [1.82, 2.24) is 14.9 Å². The third-order valence-corrected chi connectivity index (χ3v) is 5.92. The van der Waals surface area contributed by atoms with Crippen molar-refractivity contribution < 1.29 is 4.79 Å². The van der Waals surface area contributed by atoms with Gasteiger partial charge in [-0.2, -0.15) is 0 Å². The zero-order valence-corrected chi connectivity index (χ0v) is 15.2. The molecule has 1 saturated carbocycles. The number of aryl methyl sites for hydroxylation is 1. The van der Waals surface area contributed by atoms with E-state index in [4.69, 9.17) is 0 Å². The number of nitrogens with zero attached hydrogens (tertiary/aromatic N) is 3. The molecule has 0 bridgehead atoms. The minimum atomic E-state index is 0.0974. The second kappa shape index (κ2) is 5.90. The van der Waals surface area contributed by atoms with Crippen LogP contribution in [0.4, 0.5) is 5.95 Å². The number of aromatic nitrogens is 2. The van der Waals surface area contributed by atoms with Gasteiger partial charge in [-0.3, -0.25) is 4.79 Å². The molecule has 1 fully saturated rings. The molecule has 1 aromatic heterocycles. The number of amides is 1. The molecule has 5 heteroatoms. The van der Waals surface area contributed by atoms with Gasteiger partial charge in [-0.25, -0.2) is 4.98 Å². The van der Waals surface area contributed by atoms with Crippen molar-refractivity contribution in [3.63, 3.8) is 0 Å². The van der Waals surface area contributed by atoms with Crippen molar-refractivity contribution in [3.05, 3.63) is 47.3 Å². The van der Waals surface area contributed by atoms with Crippen molar-refractivity contribution in [2.45, 2.75) is 37.6 Å². The quantitative estimate of drug-likeness (QED) is 0.931. The van der Waals surface area contributed by atoms with Gasteiger partial charge in [-0.1, -0.05) is 24.3 Å². The minimum Gasteiger partial charge on any atom is -0.350 e. The van der Waals surface area contributed by atoms with E-state index in [2.05, 4.69) is 34.6 Å². The topological polar surface area (TPSA) is 50.2 Å². The fourth-order valence-electron chi connectivity index (χ4n) is 4.49. The lowest BCUT2D eigenvalue weighted by molar-refractivity contribution is -0.123. The number of carbonyl (C=O) groups is 1. The molecule has 2 aliphatic rings. The molecule has 0 saturated heterocycles. The molecule has 1 amide bonds. The molecule has 2 unspecified atom stereocenters. The van der Waals surface area contributed by atoms with Gasteiger partial charge in [-0.05, 0) is 36.8 Å². The van der Waals surface area contributed by atoms with Crippen molar-refractivity contribution in [3.8, 4) is 0 Å². The third kappa shape index (κ3) is 2.62. The molecule has 1 N–H and O–H groups in total. The van der Waals surface area contributed by atoms with Gasteiger partial charge in [0.05, 0.1) is 18.4 Å². The van der Waals surface area contributed by atoms with Gasteiger partial charge in [0.15, 0.2) is 0 Å². The average molecular weight is 338 g/mol. The lowest BCUT2D eigenvalue weighted by Crippen LogP contribution is -2.30. The molecule has 25 heavy (non-hydrogen) atoms. The molecule has 132 valence electrons. The number of imidazole rings is 1. The molecular weight excluding hydrogens is 312 g/mol. The van der Waals surface area contributed by atoms with Crippen LogP contribution in [0.2, 0.25) is 0 Å². The summed E-state index contributed by atoms with van der Waals surface area (Å²) in [6.07, 6.45) is 6.31. The minimum absolute atomic E-state index is 0.0974. The summed E-state index contributed by atoms with van der Waals surface area (Å²) in [7, 11) is 5.93. The number of fused-ring (bicyclic) bond motifs is 2. The number of anilines is 1. The molecule has 5 nitrogen and oxygen atoms in total. The van der Waals surface area contributed by atoms with Crippen LogP contribution in [0.5, 0.6) is 0 Å². The normalized spacial score (nSPS) is 24.0. The van der Waals surface area contributed by atoms with Gasteiger partial charge in [-0.15, -0.1) is 0 Å². The van der Waals surface area contributed by atoms with Gasteiger partial charge < -0.3 is 14.8 Å². The first-order valence-corrected chi connectivity index (χ1v) is 9.07. The Kier molecular flexibility index (Phi) is 3.82. The van der Waals surface area contributed by atoms with E-state index in [9.17, 15) is 4.79 Å². The average Bonchev–Trinajstić information content (AvgIpc) is 3.19. The second-order valence-corrected chi connectivity index (χ2v) is 7.64. The van der Waals surface area contributed by atoms with Gasteiger partial charge >= 0.3 is 0 Å². The molecule has 0 radical (unpaired) electrons. The highest BCUT2D eigenvalue weighted by molar-refractivity contribution is 5.84. The Morgan fingerprint density at radius 3 is 2.96 bits per heavy atom. The van der Waals surface area contributed by atoms with Gasteiger partial charge in [0.2, 0.25) is 11.9 Å². The summed E-state index contributed by atoms with van der Waals surface area (Å²) in [6, 6.07) is 8.67. The first kappa shape index (κ1) is 16.2. The third-order valence-electron chi connectivity index (χ3n) is 5.92. The van der Waals surface area contributed by atoms with E-state index < -0.39 is 0 Å². The lowest BCUT2D eigenvalue weighted by atomic mass is 9.78. The van der Waals surface area contributed by atoms with Crippen LogP contribution in [0.15, 0.2) is 30.5 Å². The van der Waals surface area contributed by atoms with E-state index in [1.165, 1.54) is 17.5 Å². The first-order valence-electron chi connectivity index (χ1n) is 9.07. The summed E-state index contributed by atoms with van der Waals surface area (Å²) in [6.45, 7) is 0.532. The summed E-state index contributed by atoms with van der Waals surface area (Å²) in [4.78, 5) is 19.1. The van der Waals surface area contributed by atoms with Crippen LogP contribution in [0.3, 0.4) is 0 Å². The Morgan fingerprint density at radius 2 is 2.20 bits per heavy atom. The Bertz CT molecular complexity index is 810. The number of hydrogen-bond donors (Lipinski definition) is 1. The highest BCUT2D eigenvalue weighted by Gasteiger charge is 2.59. The van der Waals surface area contributed by atoms with Crippen LogP contribution in [-0.2, 0) is 30.2 Å². The first-order chi connectivity index (χ1) is 12.0. The molecule has 0 aliphatic heterocycles. The van der Waals surface area contributed by atoms with E-state index in [1.807, 2.05) is 36.8 Å². The van der Waals surface area contributed by atoms with Gasteiger partial charge in [0.1, 0.15) is 0 Å². The molecule has 4 rings (SSSR count). The van der Waals surface area contributed by atoms with E-state index >= 15 is 0 Å². The number of hydrogen-bond acceptors (Lipinski definition) is 3. The van der Waals surface area contributed by atoms with Crippen molar-refractivity contribution in [1.29, 1.82) is 0 Å². The van der Waals surface area contributed by atoms with Crippen molar-refractivity contribution in [2.24, 2.45) is 13.0 Å². The largest absolute Gasteiger partial charge is 0.350 e. The Labute approximate surface area is 149 Å².